The molecule has 6 nitrogen and oxygen atoms in total. The van der Waals surface area contributed by atoms with Crippen molar-refractivity contribution in [1.82, 2.24) is 14.5 Å². The lowest BCUT2D eigenvalue weighted by atomic mass is 10.2. The fourth-order valence-corrected chi connectivity index (χ4v) is 3.86. The van der Waals surface area contributed by atoms with Crippen molar-refractivity contribution in [3.63, 3.8) is 0 Å². The number of fused-ring (bicyclic) bond motifs is 1. The number of benzene rings is 1. The van der Waals surface area contributed by atoms with Crippen LogP contribution in [0.4, 0.5) is 0 Å². The summed E-state index contributed by atoms with van der Waals surface area (Å²) in [4.78, 5) is 32.1. The first-order valence-corrected chi connectivity index (χ1v) is 9.24. The van der Waals surface area contributed by atoms with Crippen molar-refractivity contribution in [2.24, 2.45) is 0 Å². The Labute approximate surface area is 159 Å². The molecule has 0 bridgehead atoms. The van der Waals surface area contributed by atoms with Crippen LogP contribution in [0.1, 0.15) is 5.76 Å². The van der Waals surface area contributed by atoms with Gasteiger partial charge in [0.2, 0.25) is 5.91 Å². The fourth-order valence-electron chi connectivity index (χ4n) is 2.79. The molecule has 4 rings (SSSR count). The van der Waals surface area contributed by atoms with Crippen LogP contribution in [0.5, 0.6) is 0 Å². The van der Waals surface area contributed by atoms with Crippen LogP contribution in [-0.2, 0) is 17.9 Å². The van der Waals surface area contributed by atoms with Crippen molar-refractivity contribution in [3.05, 3.63) is 77.2 Å². The Morgan fingerprint density at radius 2 is 2.04 bits per heavy atom. The minimum absolute atomic E-state index is 0.0580. The Hall–Kier alpha value is -3.19. The molecule has 0 fully saturated rings. The first kappa shape index (κ1) is 17.2. The molecule has 0 spiro atoms. The normalized spacial score (nSPS) is 11.0. The SMILES string of the molecule is CN(Cc1ccco1)C(=O)Cn1cnc2cc(-c3ccccc3)sc2c1=O. The van der Waals surface area contributed by atoms with E-state index in [0.717, 1.165) is 10.4 Å². The number of furan rings is 1. The molecule has 0 saturated heterocycles. The fraction of sp³-hybridized carbons (Fsp3) is 0.150. The van der Waals surface area contributed by atoms with Gasteiger partial charge in [0.05, 0.1) is 24.7 Å². The van der Waals surface area contributed by atoms with E-state index in [1.54, 1.807) is 25.4 Å². The largest absolute Gasteiger partial charge is 0.467 e. The predicted octanol–water partition coefficient (Wildman–Crippen LogP) is 3.38. The van der Waals surface area contributed by atoms with E-state index in [9.17, 15) is 9.59 Å². The molecule has 0 N–H and O–H groups in total. The molecule has 0 unspecified atom stereocenters. The van der Waals surface area contributed by atoms with Gasteiger partial charge in [0.1, 0.15) is 17.0 Å². The summed E-state index contributed by atoms with van der Waals surface area (Å²) in [7, 11) is 1.68. The van der Waals surface area contributed by atoms with Gasteiger partial charge in [0, 0.05) is 11.9 Å². The Kier molecular flexibility index (Phi) is 4.60. The highest BCUT2D eigenvalue weighted by atomic mass is 32.1. The summed E-state index contributed by atoms with van der Waals surface area (Å²) in [5.74, 6) is 0.507. The van der Waals surface area contributed by atoms with Crippen molar-refractivity contribution in [2.45, 2.75) is 13.1 Å². The zero-order chi connectivity index (χ0) is 18.8. The van der Waals surface area contributed by atoms with Gasteiger partial charge in [-0.25, -0.2) is 4.98 Å². The van der Waals surface area contributed by atoms with E-state index in [1.165, 1.54) is 27.1 Å². The molecular weight excluding hydrogens is 362 g/mol. The van der Waals surface area contributed by atoms with Gasteiger partial charge in [-0.2, -0.15) is 0 Å². The van der Waals surface area contributed by atoms with Gasteiger partial charge in [-0.05, 0) is 23.8 Å². The third-order valence-electron chi connectivity index (χ3n) is 4.27. The first-order valence-electron chi connectivity index (χ1n) is 8.42. The Morgan fingerprint density at radius 3 is 2.78 bits per heavy atom. The molecule has 0 aliphatic rings. The molecule has 136 valence electrons. The van der Waals surface area contributed by atoms with Crippen LogP contribution in [0.15, 0.2) is 70.3 Å². The summed E-state index contributed by atoms with van der Waals surface area (Å²) in [5, 5.41) is 0. The third kappa shape index (κ3) is 3.54. The van der Waals surface area contributed by atoms with Gasteiger partial charge in [-0.1, -0.05) is 30.3 Å². The van der Waals surface area contributed by atoms with Gasteiger partial charge in [0.15, 0.2) is 0 Å². The second-order valence-corrected chi connectivity index (χ2v) is 7.25. The van der Waals surface area contributed by atoms with Crippen LogP contribution < -0.4 is 5.56 Å². The smallest absolute Gasteiger partial charge is 0.271 e. The number of aromatic nitrogens is 2. The zero-order valence-corrected chi connectivity index (χ0v) is 15.5. The van der Waals surface area contributed by atoms with E-state index >= 15 is 0 Å². The van der Waals surface area contributed by atoms with E-state index in [2.05, 4.69) is 4.98 Å². The van der Waals surface area contributed by atoms with E-state index in [4.69, 9.17) is 4.42 Å². The zero-order valence-electron chi connectivity index (χ0n) is 14.7. The Balaban J connectivity index is 1.58. The molecule has 1 amide bonds. The predicted molar refractivity (Wildman–Crippen MR) is 104 cm³/mol. The molecule has 0 saturated carbocycles. The number of nitrogens with zero attached hydrogens (tertiary/aromatic N) is 3. The molecular formula is C20H17N3O3S. The van der Waals surface area contributed by atoms with Crippen molar-refractivity contribution >= 4 is 27.5 Å². The summed E-state index contributed by atoms with van der Waals surface area (Å²) >= 11 is 1.39. The Morgan fingerprint density at radius 1 is 1.22 bits per heavy atom. The van der Waals surface area contributed by atoms with Gasteiger partial charge in [-0.15, -0.1) is 11.3 Å². The molecule has 0 aliphatic heterocycles. The molecule has 3 heterocycles. The molecule has 0 aliphatic carbocycles. The summed E-state index contributed by atoms with van der Waals surface area (Å²) in [6.45, 7) is 0.297. The maximum atomic E-state index is 12.8. The highest BCUT2D eigenvalue weighted by molar-refractivity contribution is 7.22. The highest BCUT2D eigenvalue weighted by Gasteiger charge is 2.15. The first-order chi connectivity index (χ1) is 13.1. The topological polar surface area (TPSA) is 68.3 Å². The maximum absolute atomic E-state index is 12.8. The van der Waals surface area contributed by atoms with Gasteiger partial charge in [-0.3, -0.25) is 14.2 Å². The van der Waals surface area contributed by atoms with Crippen molar-refractivity contribution < 1.29 is 9.21 Å². The summed E-state index contributed by atoms with van der Waals surface area (Å²) in [6, 6.07) is 15.3. The second-order valence-electron chi connectivity index (χ2n) is 6.20. The number of rotatable bonds is 5. The number of likely N-dealkylation sites (N-methyl/N-ethyl adjacent to an activating group) is 1. The number of carbonyl (C=O) groups excluding carboxylic acids is 1. The minimum Gasteiger partial charge on any atom is -0.467 e. The van der Waals surface area contributed by atoms with Crippen LogP contribution in [0.25, 0.3) is 20.7 Å². The molecule has 7 heteroatoms. The van der Waals surface area contributed by atoms with Crippen molar-refractivity contribution in [3.8, 4) is 10.4 Å². The Bertz CT molecular complexity index is 1130. The van der Waals surface area contributed by atoms with E-state index in [0.29, 0.717) is 22.5 Å². The lowest BCUT2D eigenvalue weighted by Crippen LogP contribution is -2.33. The summed E-state index contributed by atoms with van der Waals surface area (Å²) in [5.41, 5.74) is 1.49. The average molecular weight is 379 g/mol. The third-order valence-corrected chi connectivity index (χ3v) is 5.43. The van der Waals surface area contributed by atoms with Crippen LogP contribution in [-0.4, -0.2) is 27.4 Å². The summed E-state index contributed by atoms with van der Waals surface area (Å²) < 4.78 is 7.17. The number of amides is 1. The quantitative estimate of drug-likeness (QED) is 0.533. The van der Waals surface area contributed by atoms with Gasteiger partial charge < -0.3 is 9.32 Å². The van der Waals surface area contributed by atoms with E-state index < -0.39 is 0 Å². The van der Waals surface area contributed by atoms with Crippen LogP contribution in [0.2, 0.25) is 0 Å². The minimum atomic E-state index is -0.202. The van der Waals surface area contributed by atoms with Crippen LogP contribution in [0, 0.1) is 0 Å². The van der Waals surface area contributed by atoms with Crippen molar-refractivity contribution in [2.75, 3.05) is 7.05 Å². The monoisotopic (exact) mass is 379 g/mol. The van der Waals surface area contributed by atoms with E-state index in [1.807, 2.05) is 36.4 Å². The maximum Gasteiger partial charge on any atom is 0.271 e. The molecule has 0 atom stereocenters. The van der Waals surface area contributed by atoms with Gasteiger partial charge in [0.25, 0.3) is 5.56 Å². The highest BCUT2D eigenvalue weighted by Crippen LogP contribution is 2.30. The standard InChI is InChI=1S/C20H17N3O3S/c1-22(11-15-8-5-9-26-15)18(24)12-23-13-21-16-10-17(27-19(16)20(23)25)14-6-3-2-4-7-14/h2-10,13H,11-12H2,1H3. The molecule has 0 radical (unpaired) electrons. The average Bonchev–Trinajstić information content (AvgIpc) is 3.34. The molecule has 4 aromatic rings. The number of carbonyl (C=O) groups is 1. The van der Waals surface area contributed by atoms with E-state index in [-0.39, 0.29) is 18.0 Å². The molecule has 1 aromatic carbocycles. The summed E-state index contributed by atoms with van der Waals surface area (Å²) in [6.07, 6.45) is 3.00. The second kappa shape index (κ2) is 7.20. The molecule has 3 aromatic heterocycles. The number of thiophene rings is 1. The van der Waals surface area contributed by atoms with Crippen LogP contribution >= 0.6 is 11.3 Å². The number of hydrogen-bond donors (Lipinski definition) is 0. The van der Waals surface area contributed by atoms with Crippen LogP contribution in [0.3, 0.4) is 0 Å². The number of hydrogen-bond acceptors (Lipinski definition) is 5. The lowest BCUT2D eigenvalue weighted by Gasteiger charge is -2.16. The van der Waals surface area contributed by atoms with Gasteiger partial charge >= 0.3 is 0 Å². The van der Waals surface area contributed by atoms with Crippen molar-refractivity contribution in [1.29, 1.82) is 0 Å². The molecule has 27 heavy (non-hydrogen) atoms. The lowest BCUT2D eigenvalue weighted by molar-refractivity contribution is -0.131.